The fourth-order valence-electron chi connectivity index (χ4n) is 1.06. The maximum atomic E-state index is 6.71. The monoisotopic (exact) mass is 189 g/mol. The molecule has 0 spiro atoms. The Bertz CT molecular complexity index is 319. The van der Waals surface area contributed by atoms with Crippen LogP contribution < -0.4 is 5.32 Å². The predicted molar refractivity (Wildman–Crippen MR) is 60.6 cm³/mol. The maximum absolute atomic E-state index is 6.71. The number of rotatable bonds is 3. The Morgan fingerprint density at radius 3 is 2.93 bits per heavy atom. The molecular weight excluding hydrogens is 174 g/mol. The zero-order chi connectivity index (χ0) is 10.4. The molecule has 3 heteroatoms. The number of hydrogen-bond donors (Lipinski definition) is 2. The van der Waals surface area contributed by atoms with E-state index >= 15 is 0 Å². The van der Waals surface area contributed by atoms with Crippen molar-refractivity contribution in [2.75, 3.05) is 0 Å². The van der Waals surface area contributed by atoms with Crippen molar-refractivity contribution in [3.8, 4) is 0 Å². The van der Waals surface area contributed by atoms with E-state index in [1.165, 1.54) is 6.34 Å². The van der Waals surface area contributed by atoms with Gasteiger partial charge in [-0.2, -0.15) is 0 Å². The fourth-order valence-corrected chi connectivity index (χ4v) is 1.06. The van der Waals surface area contributed by atoms with Crippen molar-refractivity contribution in [2.45, 2.75) is 13.8 Å². The molecule has 0 radical (unpaired) electrons. The maximum Gasteiger partial charge on any atom is 0.108 e. The van der Waals surface area contributed by atoms with Gasteiger partial charge < -0.3 is 5.32 Å². The highest BCUT2D eigenvalue weighted by molar-refractivity contribution is 5.70. The first-order chi connectivity index (χ1) is 6.64. The summed E-state index contributed by atoms with van der Waals surface area (Å²) in [6, 6.07) is 0. The fraction of sp³-hybridized carbons (Fsp3) is 0.273. The molecular formula is C11H15N3. The Hall–Kier alpha value is -1.64. The number of aliphatic imine (C=N–C) groups is 1. The van der Waals surface area contributed by atoms with E-state index in [0.29, 0.717) is 0 Å². The second-order valence-corrected chi connectivity index (χ2v) is 3.69. The van der Waals surface area contributed by atoms with Crippen LogP contribution in [0.2, 0.25) is 0 Å². The molecule has 1 aliphatic carbocycles. The predicted octanol–water partition coefficient (Wildman–Crippen LogP) is 2.25. The number of allylic oxidation sites excluding steroid dienone is 5. The average Bonchev–Trinajstić information content (AvgIpc) is 2.28. The van der Waals surface area contributed by atoms with Crippen LogP contribution in [0.4, 0.5) is 0 Å². The lowest BCUT2D eigenvalue weighted by molar-refractivity contribution is 0.626. The van der Waals surface area contributed by atoms with Gasteiger partial charge in [-0.3, -0.25) is 5.41 Å². The lowest BCUT2D eigenvalue weighted by atomic mass is 9.93. The van der Waals surface area contributed by atoms with Gasteiger partial charge in [-0.15, -0.1) is 0 Å². The normalized spacial score (nSPS) is 19.1. The van der Waals surface area contributed by atoms with Crippen molar-refractivity contribution in [3.63, 3.8) is 0 Å². The number of nitrogens with zero attached hydrogens (tertiary/aromatic N) is 1. The van der Waals surface area contributed by atoms with E-state index in [-0.39, 0.29) is 5.41 Å². The van der Waals surface area contributed by atoms with E-state index in [4.69, 9.17) is 5.41 Å². The highest BCUT2D eigenvalue weighted by Gasteiger charge is 2.09. The molecule has 74 valence electrons. The Morgan fingerprint density at radius 1 is 1.43 bits per heavy atom. The van der Waals surface area contributed by atoms with Crippen LogP contribution in [-0.2, 0) is 0 Å². The van der Waals surface area contributed by atoms with Crippen LogP contribution in [0.15, 0.2) is 41.1 Å². The van der Waals surface area contributed by atoms with E-state index in [0.717, 1.165) is 12.0 Å². The van der Waals surface area contributed by atoms with Crippen molar-refractivity contribution in [2.24, 2.45) is 10.4 Å². The lowest BCUT2D eigenvalue weighted by Crippen LogP contribution is -2.08. The molecule has 1 aliphatic rings. The molecule has 0 aliphatic heterocycles. The first-order valence-corrected chi connectivity index (χ1v) is 4.50. The van der Waals surface area contributed by atoms with Crippen LogP contribution in [0, 0.1) is 10.8 Å². The molecule has 0 heterocycles. The van der Waals surface area contributed by atoms with E-state index in [9.17, 15) is 0 Å². The summed E-state index contributed by atoms with van der Waals surface area (Å²) in [5.41, 5.74) is 1.07. The highest BCUT2D eigenvalue weighted by atomic mass is 14.9. The van der Waals surface area contributed by atoms with Gasteiger partial charge in [-0.25, -0.2) is 4.99 Å². The standard InChI is InChI=1S/C11H15N3/c1-11(2)6-3-4-10(5-7-11)14-9-13-8-12/h3-9H,1-2H3,(H2,12,13,14). The summed E-state index contributed by atoms with van der Waals surface area (Å²) < 4.78 is 0. The van der Waals surface area contributed by atoms with E-state index in [2.05, 4.69) is 36.3 Å². The second kappa shape index (κ2) is 4.56. The third kappa shape index (κ3) is 3.39. The SMILES string of the molecule is CC1(C)C=CC=C(NC=NC=N)C=C1. The van der Waals surface area contributed by atoms with Crippen LogP contribution >= 0.6 is 0 Å². The largest absolute Gasteiger partial charge is 0.346 e. The minimum absolute atomic E-state index is 0.0959. The van der Waals surface area contributed by atoms with Crippen LogP contribution in [0.25, 0.3) is 0 Å². The third-order valence-corrected chi connectivity index (χ3v) is 1.87. The Kier molecular flexibility index (Phi) is 3.40. The summed E-state index contributed by atoms with van der Waals surface area (Å²) >= 11 is 0. The molecule has 0 aromatic carbocycles. The van der Waals surface area contributed by atoms with Gasteiger partial charge in [0.15, 0.2) is 0 Å². The molecule has 0 saturated heterocycles. The molecule has 2 N–H and O–H groups in total. The summed E-state index contributed by atoms with van der Waals surface area (Å²) in [6.45, 7) is 4.28. The summed E-state index contributed by atoms with van der Waals surface area (Å²) in [5, 5.41) is 9.69. The van der Waals surface area contributed by atoms with Crippen molar-refractivity contribution in [1.29, 1.82) is 5.41 Å². The summed E-state index contributed by atoms with van der Waals surface area (Å²) in [7, 11) is 0. The van der Waals surface area contributed by atoms with Gasteiger partial charge in [0.25, 0.3) is 0 Å². The molecule has 3 nitrogen and oxygen atoms in total. The van der Waals surface area contributed by atoms with Gasteiger partial charge in [-0.05, 0) is 12.2 Å². The highest BCUT2D eigenvalue weighted by Crippen LogP contribution is 2.21. The van der Waals surface area contributed by atoms with Crippen molar-refractivity contribution < 1.29 is 0 Å². The Labute approximate surface area is 84.4 Å². The topological polar surface area (TPSA) is 48.2 Å². The first kappa shape index (κ1) is 10.4. The van der Waals surface area contributed by atoms with Crippen molar-refractivity contribution in [3.05, 3.63) is 36.1 Å². The van der Waals surface area contributed by atoms with Gasteiger partial charge in [0.05, 0.1) is 6.34 Å². The van der Waals surface area contributed by atoms with Crippen molar-refractivity contribution >= 4 is 12.7 Å². The first-order valence-electron chi connectivity index (χ1n) is 4.50. The summed E-state index contributed by atoms with van der Waals surface area (Å²) in [5.74, 6) is 0. The van der Waals surface area contributed by atoms with Gasteiger partial charge in [0, 0.05) is 11.1 Å². The molecule has 0 unspecified atom stereocenters. The lowest BCUT2D eigenvalue weighted by Gasteiger charge is -2.12. The zero-order valence-corrected chi connectivity index (χ0v) is 8.49. The Morgan fingerprint density at radius 2 is 2.21 bits per heavy atom. The summed E-state index contributed by atoms with van der Waals surface area (Å²) in [4.78, 5) is 3.64. The molecule has 0 bridgehead atoms. The molecule has 0 fully saturated rings. The van der Waals surface area contributed by atoms with Crippen LogP contribution in [0.1, 0.15) is 13.8 Å². The Balaban J connectivity index is 2.65. The van der Waals surface area contributed by atoms with Gasteiger partial charge in [-0.1, -0.05) is 32.1 Å². The smallest absolute Gasteiger partial charge is 0.108 e. The minimum Gasteiger partial charge on any atom is -0.346 e. The zero-order valence-electron chi connectivity index (χ0n) is 8.49. The third-order valence-electron chi connectivity index (χ3n) is 1.87. The number of hydrogen-bond acceptors (Lipinski definition) is 1. The van der Waals surface area contributed by atoms with Gasteiger partial charge in [0.1, 0.15) is 6.34 Å². The molecule has 0 aromatic rings. The van der Waals surface area contributed by atoms with Crippen LogP contribution in [-0.4, -0.2) is 12.7 Å². The van der Waals surface area contributed by atoms with E-state index < -0.39 is 0 Å². The molecule has 14 heavy (non-hydrogen) atoms. The van der Waals surface area contributed by atoms with E-state index in [1.807, 2.05) is 18.2 Å². The van der Waals surface area contributed by atoms with Crippen LogP contribution in [0.3, 0.4) is 0 Å². The van der Waals surface area contributed by atoms with Gasteiger partial charge >= 0.3 is 0 Å². The molecule has 0 saturated carbocycles. The van der Waals surface area contributed by atoms with Crippen LogP contribution in [0.5, 0.6) is 0 Å². The quantitative estimate of drug-likeness (QED) is 0.519. The second-order valence-electron chi connectivity index (χ2n) is 3.69. The molecule has 1 rings (SSSR count). The molecule has 0 amide bonds. The number of nitrogens with one attached hydrogen (secondary N) is 2. The summed E-state index contributed by atoms with van der Waals surface area (Å²) in [6.07, 6.45) is 12.7. The average molecular weight is 189 g/mol. The van der Waals surface area contributed by atoms with Crippen molar-refractivity contribution in [1.82, 2.24) is 5.32 Å². The minimum atomic E-state index is 0.0959. The van der Waals surface area contributed by atoms with E-state index in [1.54, 1.807) is 0 Å². The molecule has 0 atom stereocenters. The molecule has 0 aromatic heterocycles. The van der Waals surface area contributed by atoms with Gasteiger partial charge in [0.2, 0.25) is 0 Å².